The van der Waals surface area contributed by atoms with E-state index in [9.17, 15) is 14.4 Å². The van der Waals surface area contributed by atoms with Crippen molar-refractivity contribution in [1.82, 2.24) is 0 Å². The summed E-state index contributed by atoms with van der Waals surface area (Å²) in [5.74, 6) is -0.874. The number of carbonyl (C=O) groups excluding carboxylic acids is 3. The van der Waals surface area contributed by atoms with Crippen LogP contribution in [-0.2, 0) is 28.6 Å². The second-order valence-corrected chi connectivity index (χ2v) is 23.4. The van der Waals surface area contributed by atoms with Crippen molar-refractivity contribution in [1.29, 1.82) is 0 Å². The van der Waals surface area contributed by atoms with Crippen molar-refractivity contribution in [3.8, 4) is 0 Å². The van der Waals surface area contributed by atoms with Crippen LogP contribution in [0.3, 0.4) is 0 Å². The van der Waals surface area contributed by atoms with Crippen LogP contribution in [0.1, 0.15) is 342 Å². The topological polar surface area (TPSA) is 78.9 Å². The Morgan fingerprint density at radius 1 is 0.253 bits per heavy atom. The molecule has 0 aliphatic rings. The third-order valence-corrected chi connectivity index (χ3v) is 15.3. The summed E-state index contributed by atoms with van der Waals surface area (Å²) < 4.78 is 17.0. The van der Waals surface area contributed by atoms with Gasteiger partial charge in [0.25, 0.3) is 0 Å². The second-order valence-electron chi connectivity index (χ2n) is 23.4. The molecule has 0 fully saturated rings. The molecule has 83 heavy (non-hydrogen) atoms. The summed E-state index contributed by atoms with van der Waals surface area (Å²) in [5.41, 5.74) is 0. The molecule has 1 atom stereocenters. The minimum Gasteiger partial charge on any atom is -0.462 e. The predicted octanol–water partition coefficient (Wildman–Crippen LogP) is 24.6. The van der Waals surface area contributed by atoms with Gasteiger partial charge in [0.1, 0.15) is 13.2 Å². The molecule has 0 N–H and O–H groups in total. The van der Waals surface area contributed by atoms with Gasteiger partial charge in [-0.15, -0.1) is 0 Å². The highest BCUT2D eigenvalue weighted by Gasteiger charge is 2.19. The molecule has 0 heterocycles. The molecule has 0 saturated heterocycles. The molecule has 476 valence electrons. The average Bonchev–Trinajstić information content (AvgIpc) is 3.49. The number of ether oxygens (including phenoxy) is 3. The fourth-order valence-corrected chi connectivity index (χ4v) is 9.99. The summed E-state index contributed by atoms with van der Waals surface area (Å²) in [7, 11) is 0. The van der Waals surface area contributed by atoms with Crippen molar-refractivity contribution >= 4 is 17.9 Å². The smallest absolute Gasteiger partial charge is 0.306 e. The van der Waals surface area contributed by atoms with E-state index in [2.05, 4.69) is 130 Å². The first-order valence-electron chi connectivity index (χ1n) is 35.4. The first kappa shape index (κ1) is 79.1. The minimum absolute atomic E-state index is 0.0782. The van der Waals surface area contributed by atoms with Crippen molar-refractivity contribution in [3.05, 3.63) is 109 Å². The summed E-state index contributed by atoms with van der Waals surface area (Å²) in [4.78, 5) is 38.4. The van der Waals surface area contributed by atoms with Gasteiger partial charge in [0.2, 0.25) is 0 Å². The van der Waals surface area contributed by atoms with Gasteiger partial charge in [-0.3, -0.25) is 14.4 Å². The first-order valence-corrected chi connectivity index (χ1v) is 35.4. The van der Waals surface area contributed by atoms with E-state index in [1.165, 1.54) is 186 Å². The van der Waals surface area contributed by atoms with Crippen LogP contribution in [0.5, 0.6) is 0 Å². The molecule has 0 aliphatic heterocycles. The van der Waals surface area contributed by atoms with E-state index in [0.717, 1.165) is 116 Å². The molecular formula is C77H132O6. The Balaban J connectivity index is 4.26. The molecule has 0 radical (unpaired) electrons. The summed E-state index contributed by atoms with van der Waals surface area (Å²) in [6, 6.07) is 0. The molecule has 0 aromatic heterocycles. The Kier molecular flexibility index (Phi) is 67.2. The molecule has 6 nitrogen and oxygen atoms in total. The van der Waals surface area contributed by atoms with Crippen LogP contribution in [-0.4, -0.2) is 37.2 Å². The van der Waals surface area contributed by atoms with E-state index in [1.54, 1.807) is 0 Å². The maximum atomic E-state index is 12.9. The zero-order chi connectivity index (χ0) is 59.9. The van der Waals surface area contributed by atoms with Crippen molar-refractivity contribution < 1.29 is 28.6 Å². The van der Waals surface area contributed by atoms with Crippen molar-refractivity contribution in [2.24, 2.45) is 0 Å². The number of carbonyl (C=O) groups is 3. The highest BCUT2D eigenvalue weighted by Crippen LogP contribution is 2.17. The van der Waals surface area contributed by atoms with Gasteiger partial charge in [0.05, 0.1) is 0 Å². The zero-order valence-corrected chi connectivity index (χ0v) is 54.7. The van der Waals surface area contributed by atoms with Crippen LogP contribution in [0, 0.1) is 0 Å². The number of hydrogen-bond donors (Lipinski definition) is 0. The Morgan fingerprint density at radius 3 is 0.747 bits per heavy atom. The van der Waals surface area contributed by atoms with E-state index in [-0.39, 0.29) is 31.1 Å². The van der Waals surface area contributed by atoms with Gasteiger partial charge in [-0.25, -0.2) is 0 Å². The van der Waals surface area contributed by atoms with Crippen molar-refractivity contribution in [2.45, 2.75) is 348 Å². The Bertz CT molecular complexity index is 1660. The van der Waals surface area contributed by atoms with Crippen LogP contribution in [0.15, 0.2) is 109 Å². The second kappa shape index (κ2) is 70.6. The number of hydrogen-bond acceptors (Lipinski definition) is 6. The van der Waals surface area contributed by atoms with Gasteiger partial charge in [-0.2, -0.15) is 0 Å². The normalized spacial score (nSPS) is 12.8. The maximum Gasteiger partial charge on any atom is 0.306 e. The molecular weight excluding hydrogens is 1020 g/mol. The highest BCUT2D eigenvalue weighted by molar-refractivity contribution is 5.71. The van der Waals surface area contributed by atoms with Gasteiger partial charge in [0.15, 0.2) is 6.10 Å². The SMILES string of the molecule is CC/C=C\C/C=C\C/C=C\C/C=C\C/C=C\C/C=C\C/C=C\CCCCCCCCCCCCCC(=O)OCC(COC(=O)CCCCCCCCCCCCCCCC)OC(=O)CCCCCCCCC/C=C\C/C=C\CCCCCC. The molecule has 0 spiro atoms. The van der Waals surface area contributed by atoms with Gasteiger partial charge >= 0.3 is 17.9 Å². The summed E-state index contributed by atoms with van der Waals surface area (Å²) in [5, 5.41) is 0. The third kappa shape index (κ3) is 68.7. The number of allylic oxidation sites excluding steroid dienone is 18. The number of rotatable bonds is 64. The largest absolute Gasteiger partial charge is 0.462 e. The highest BCUT2D eigenvalue weighted by atomic mass is 16.6. The lowest BCUT2D eigenvalue weighted by molar-refractivity contribution is -0.167. The third-order valence-electron chi connectivity index (χ3n) is 15.3. The minimum atomic E-state index is -0.784. The van der Waals surface area contributed by atoms with Crippen LogP contribution < -0.4 is 0 Å². The predicted molar refractivity (Wildman–Crippen MR) is 362 cm³/mol. The van der Waals surface area contributed by atoms with Crippen molar-refractivity contribution in [2.75, 3.05) is 13.2 Å². The van der Waals surface area contributed by atoms with E-state index in [0.29, 0.717) is 19.3 Å². The van der Waals surface area contributed by atoms with E-state index < -0.39 is 6.10 Å². The fourth-order valence-electron chi connectivity index (χ4n) is 9.99. The molecule has 1 unspecified atom stereocenters. The van der Waals surface area contributed by atoms with Crippen LogP contribution >= 0.6 is 0 Å². The molecule has 0 rings (SSSR count). The van der Waals surface area contributed by atoms with Crippen molar-refractivity contribution in [3.63, 3.8) is 0 Å². The standard InChI is InChI=1S/C77H132O6/c1-4-7-10-13-16-19-22-25-28-30-32-33-34-35-36-37-38-39-40-41-42-43-44-45-46-48-49-52-55-58-61-64-67-70-76(79)82-73-74(72-81-75(78)69-66-63-60-57-54-51-27-24-21-18-15-12-9-6-3)83-77(80)71-68-65-62-59-56-53-50-47-31-29-26-23-20-17-14-11-8-5-2/h7,10,16,19-20,23,25,28-29,31-33,35-36,38-39,41-42,74H,4-6,8-9,11-15,17-18,21-22,24,26-27,30,34,37,40,43-73H2,1-3H3/b10-7-,19-16-,23-20-,28-25-,31-29-,33-32-,36-35-,39-38-,42-41-. The van der Waals surface area contributed by atoms with Gasteiger partial charge in [0, 0.05) is 19.3 Å². The first-order chi connectivity index (χ1) is 41.0. The van der Waals surface area contributed by atoms with Gasteiger partial charge in [-0.1, -0.05) is 323 Å². The molecule has 0 aliphatic carbocycles. The van der Waals surface area contributed by atoms with Crippen LogP contribution in [0.2, 0.25) is 0 Å². The summed E-state index contributed by atoms with van der Waals surface area (Å²) in [6.07, 6.45) is 96.8. The lowest BCUT2D eigenvalue weighted by Gasteiger charge is -2.18. The van der Waals surface area contributed by atoms with E-state index in [4.69, 9.17) is 14.2 Å². The number of unbranched alkanes of at least 4 members (excludes halogenated alkanes) is 35. The van der Waals surface area contributed by atoms with Gasteiger partial charge < -0.3 is 14.2 Å². The monoisotopic (exact) mass is 1150 g/mol. The molecule has 6 heteroatoms. The molecule has 0 amide bonds. The lowest BCUT2D eigenvalue weighted by Crippen LogP contribution is -2.30. The fraction of sp³-hybridized carbons (Fsp3) is 0.727. The molecule has 0 aromatic rings. The van der Waals surface area contributed by atoms with Crippen LogP contribution in [0.4, 0.5) is 0 Å². The molecule has 0 bridgehead atoms. The van der Waals surface area contributed by atoms with E-state index in [1.807, 2.05) is 0 Å². The lowest BCUT2D eigenvalue weighted by atomic mass is 10.0. The zero-order valence-electron chi connectivity index (χ0n) is 54.7. The quantitative estimate of drug-likeness (QED) is 0.0261. The number of esters is 3. The average molecular weight is 1150 g/mol. The summed E-state index contributed by atoms with van der Waals surface area (Å²) >= 11 is 0. The molecule has 0 saturated carbocycles. The molecule has 0 aromatic carbocycles. The Hall–Kier alpha value is -3.93. The van der Waals surface area contributed by atoms with Gasteiger partial charge in [-0.05, 0) is 109 Å². The summed E-state index contributed by atoms with van der Waals surface area (Å²) in [6.45, 7) is 6.54. The van der Waals surface area contributed by atoms with Crippen LogP contribution in [0.25, 0.3) is 0 Å². The maximum absolute atomic E-state index is 12.9. The Labute approximate surface area is 514 Å². The Morgan fingerprint density at radius 2 is 0.470 bits per heavy atom. The van der Waals surface area contributed by atoms with E-state index >= 15 is 0 Å².